The van der Waals surface area contributed by atoms with Crippen LogP contribution >= 0.6 is 31.9 Å². The minimum atomic E-state index is 0.420. The molecule has 0 bridgehead atoms. The Bertz CT molecular complexity index is 376. The van der Waals surface area contributed by atoms with Crippen molar-refractivity contribution < 1.29 is 0 Å². The topological polar surface area (TPSA) is 50.9 Å². The molecule has 1 saturated carbocycles. The first-order valence-electron chi connectivity index (χ1n) is 5.95. The number of pyridine rings is 1. The highest BCUT2D eigenvalue weighted by Crippen LogP contribution is 2.26. The van der Waals surface area contributed by atoms with Crippen LogP contribution in [0.1, 0.15) is 25.7 Å². The quantitative estimate of drug-likeness (QED) is 0.864. The molecule has 0 unspecified atom stereocenters. The number of hydrogen-bond donors (Lipinski definition) is 2. The van der Waals surface area contributed by atoms with E-state index in [-0.39, 0.29) is 0 Å². The third-order valence-electron chi connectivity index (χ3n) is 3.26. The van der Waals surface area contributed by atoms with Crippen molar-refractivity contribution in [2.24, 2.45) is 11.7 Å². The SMILES string of the molecule is NC1CCC(CNc2ncc(Br)cc2Br)CC1. The van der Waals surface area contributed by atoms with Gasteiger partial charge in [0, 0.05) is 23.3 Å². The lowest BCUT2D eigenvalue weighted by Gasteiger charge is -2.26. The summed E-state index contributed by atoms with van der Waals surface area (Å²) in [6.45, 7) is 0.986. The van der Waals surface area contributed by atoms with Crippen molar-refractivity contribution in [1.82, 2.24) is 4.98 Å². The second-order valence-corrected chi connectivity index (χ2v) is 6.42. The fourth-order valence-electron chi connectivity index (χ4n) is 2.18. The molecule has 0 aliphatic heterocycles. The Balaban J connectivity index is 1.85. The zero-order valence-corrected chi connectivity index (χ0v) is 12.8. The summed E-state index contributed by atoms with van der Waals surface area (Å²) in [5.41, 5.74) is 5.90. The van der Waals surface area contributed by atoms with Crippen LogP contribution < -0.4 is 11.1 Å². The fraction of sp³-hybridized carbons (Fsp3) is 0.583. The average molecular weight is 363 g/mol. The van der Waals surface area contributed by atoms with Crippen LogP contribution in [0, 0.1) is 5.92 Å². The molecular weight excluding hydrogens is 346 g/mol. The number of nitrogens with two attached hydrogens (primary N) is 1. The second kappa shape index (κ2) is 6.16. The Hall–Kier alpha value is -0.130. The van der Waals surface area contributed by atoms with Crippen molar-refractivity contribution in [2.45, 2.75) is 31.7 Å². The summed E-state index contributed by atoms with van der Waals surface area (Å²) in [7, 11) is 0. The van der Waals surface area contributed by atoms with E-state index in [1.807, 2.05) is 12.3 Å². The van der Waals surface area contributed by atoms with Crippen LogP contribution in [0.2, 0.25) is 0 Å². The highest BCUT2D eigenvalue weighted by molar-refractivity contribution is 9.11. The Kier molecular flexibility index (Phi) is 4.82. The Morgan fingerprint density at radius 1 is 1.29 bits per heavy atom. The standard InChI is InChI=1S/C12H17Br2N3/c13-9-5-11(14)12(17-7-9)16-6-8-1-3-10(15)4-2-8/h5,7-8,10H,1-4,6,15H2,(H,16,17). The van der Waals surface area contributed by atoms with E-state index in [4.69, 9.17) is 5.73 Å². The van der Waals surface area contributed by atoms with Gasteiger partial charge in [-0.2, -0.15) is 0 Å². The molecule has 1 heterocycles. The summed E-state index contributed by atoms with van der Waals surface area (Å²) in [6.07, 6.45) is 6.57. The Morgan fingerprint density at radius 2 is 2.00 bits per heavy atom. The molecular formula is C12H17Br2N3. The normalized spacial score (nSPS) is 24.6. The van der Waals surface area contributed by atoms with Crippen molar-refractivity contribution in [3.8, 4) is 0 Å². The third kappa shape index (κ3) is 3.93. The van der Waals surface area contributed by atoms with E-state index in [1.54, 1.807) is 0 Å². The van der Waals surface area contributed by atoms with Gasteiger partial charge in [-0.15, -0.1) is 0 Å². The predicted molar refractivity (Wildman–Crippen MR) is 78.1 cm³/mol. The minimum absolute atomic E-state index is 0.420. The predicted octanol–water partition coefficient (Wildman–Crippen LogP) is 3.54. The van der Waals surface area contributed by atoms with Gasteiger partial charge in [-0.25, -0.2) is 4.98 Å². The number of halogens is 2. The van der Waals surface area contributed by atoms with Gasteiger partial charge in [-0.05, 0) is 69.5 Å². The van der Waals surface area contributed by atoms with Gasteiger partial charge >= 0.3 is 0 Å². The van der Waals surface area contributed by atoms with Crippen molar-refractivity contribution >= 4 is 37.7 Å². The van der Waals surface area contributed by atoms with Crippen LogP contribution in [0.25, 0.3) is 0 Å². The first kappa shape index (κ1) is 13.3. The van der Waals surface area contributed by atoms with Crippen LogP contribution in [0.4, 0.5) is 5.82 Å². The van der Waals surface area contributed by atoms with E-state index in [0.717, 1.165) is 40.1 Å². The third-order valence-corrected chi connectivity index (χ3v) is 4.30. The van der Waals surface area contributed by atoms with Gasteiger partial charge in [0.05, 0.1) is 4.47 Å². The van der Waals surface area contributed by atoms with Crippen molar-refractivity contribution in [3.05, 3.63) is 21.2 Å². The molecule has 5 heteroatoms. The molecule has 17 heavy (non-hydrogen) atoms. The summed E-state index contributed by atoms with van der Waals surface area (Å²) in [4.78, 5) is 4.35. The van der Waals surface area contributed by atoms with Crippen molar-refractivity contribution in [1.29, 1.82) is 0 Å². The maximum Gasteiger partial charge on any atom is 0.140 e. The van der Waals surface area contributed by atoms with Crippen LogP contribution in [-0.2, 0) is 0 Å². The van der Waals surface area contributed by atoms with Gasteiger partial charge in [0.25, 0.3) is 0 Å². The van der Waals surface area contributed by atoms with Crippen LogP contribution in [0.3, 0.4) is 0 Å². The molecule has 0 aromatic carbocycles. The van der Waals surface area contributed by atoms with Crippen LogP contribution in [0.15, 0.2) is 21.2 Å². The lowest BCUT2D eigenvalue weighted by Crippen LogP contribution is -2.29. The Morgan fingerprint density at radius 3 is 2.65 bits per heavy atom. The van der Waals surface area contributed by atoms with E-state index in [9.17, 15) is 0 Å². The second-order valence-electron chi connectivity index (χ2n) is 4.65. The molecule has 0 radical (unpaired) electrons. The zero-order valence-electron chi connectivity index (χ0n) is 9.63. The highest BCUT2D eigenvalue weighted by Gasteiger charge is 2.18. The molecule has 1 fully saturated rings. The van der Waals surface area contributed by atoms with Crippen molar-refractivity contribution in [2.75, 3.05) is 11.9 Å². The van der Waals surface area contributed by atoms with Gasteiger partial charge in [-0.1, -0.05) is 0 Å². The van der Waals surface area contributed by atoms with Crippen LogP contribution in [0.5, 0.6) is 0 Å². The average Bonchev–Trinajstić information content (AvgIpc) is 2.30. The van der Waals surface area contributed by atoms with Crippen molar-refractivity contribution in [3.63, 3.8) is 0 Å². The van der Waals surface area contributed by atoms with E-state index >= 15 is 0 Å². The summed E-state index contributed by atoms with van der Waals surface area (Å²) in [5.74, 6) is 1.65. The zero-order chi connectivity index (χ0) is 12.3. The van der Waals surface area contributed by atoms with Gasteiger partial charge in [-0.3, -0.25) is 0 Å². The van der Waals surface area contributed by atoms with Crippen LogP contribution in [-0.4, -0.2) is 17.6 Å². The maximum atomic E-state index is 5.90. The molecule has 1 aliphatic rings. The number of rotatable bonds is 3. The summed E-state index contributed by atoms with van der Waals surface area (Å²) in [5, 5.41) is 3.41. The molecule has 1 aromatic rings. The molecule has 94 valence electrons. The molecule has 0 spiro atoms. The first-order chi connectivity index (χ1) is 8.15. The Labute approximate surface area is 119 Å². The molecule has 2 rings (SSSR count). The smallest absolute Gasteiger partial charge is 0.140 e. The fourth-order valence-corrected chi connectivity index (χ4v) is 3.31. The molecule has 0 amide bonds. The van der Waals surface area contributed by atoms with E-state index in [0.29, 0.717) is 6.04 Å². The summed E-state index contributed by atoms with van der Waals surface area (Å²) >= 11 is 6.90. The number of nitrogens with zero attached hydrogens (tertiary/aromatic N) is 1. The van der Waals surface area contributed by atoms with E-state index < -0.39 is 0 Å². The van der Waals surface area contributed by atoms with Gasteiger partial charge in [0.1, 0.15) is 5.82 Å². The molecule has 0 saturated heterocycles. The number of aromatic nitrogens is 1. The summed E-state index contributed by atoms with van der Waals surface area (Å²) in [6, 6.07) is 2.43. The maximum absolute atomic E-state index is 5.90. The molecule has 1 aromatic heterocycles. The first-order valence-corrected chi connectivity index (χ1v) is 7.54. The van der Waals surface area contributed by atoms with Gasteiger partial charge in [0.2, 0.25) is 0 Å². The van der Waals surface area contributed by atoms with Gasteiger partial charge in [0.15, 0.2) is 0 Å². The van der Waals surface area contributed by atoms with E-state index in [1.165, 1.54) is 12.8 Å². The molecule has 3 nitrogen and oxygen atoms in total. The largest absolute Gasteiger partial charge is 0.369 e. The number of hydrogen-bond acceptors (Lipinski definition) is 3. The minimum Gasteiger partial charge on any atom is -0.369 e. The molecule has 3 N–H and O–H groups in total. The summed E-state index contributed by atoms with van der Waals surface area (Å²) < 4.78 is 1.98. The lowest BCUT2D eigenvalue weighted by molar-refractivity contribution is 0.338. The monoisotopic (exact) mass is 361 g/mol. The molecule has 1 aliphatic carbocycles. The number of anilines is 1. The van der Waals surface area contributed by atoms with E-state index in [2.05, 4.69) is 42.2 Å². The molecule has 0 atom stereocenters. The lowest BCUT2D eigenvalue weighted by atomic mass is 9.86. The number of nitrogens with one attached hydrogen (secondary N) is 1. The van der Waals surface area contributed by atoms with Gasteiger partial charge < -0.3 is 11.1 Å². The highest BCUT2D eigenvalue weighted by atomic mass is 79.9.